The quantitative estimate of drug-likeness (QED) is 0.338. The molecule has 142 valence electrons. The molecule has 4 rings (SSSR count). The number of rotatable bonds is 7. The molecule has 0 aliphatic carbocycles. The minimum atomic E-state index is 0.842. The Labute approximate surface area is 173 Å². The van der Waals surface area contributed by atoms with E-state index in [1.54, 1.807) is 0 Å². The molecule has 0 aliphatic heterocycles. The second-order valence-corrected chi connectivity index (χ2v) is 7.19. The van der Waals surface area contributed by atoms with Crippen LogP contribution in [0.2, 0.25) is 0 Å². The third-order valence-electron chi connectivity index (χ3n) is 5.12. The maximum atomic E-state index is 4.43. The number of anilines is 1. The van der Waals surface area contributed by atoms with Crippen LogP contribution in [0.3, 0.4) is 0 Å². The Morgan fingerprint density at radius 1 is 0.552 bits per heavy atom. The molecular weight excluding hydrogens is 350 g/mol. The Kier molecular flexibility index (Phi) is 5.87. The van der Waals surface area contributed by atoms with Crippen LogP contribution >= 0.6 is 0 Å². The molecule has 1 nitrogen and oxygen atoms in total. The van der Waals surface area contributed by atoms with E-state index in [1.165, 1.54) is 22.4 Å². The summed E-state index contributed by atoms with van der Waals surface area (Å²) in [6.07, 6.45) is 0. The topological polar surface area (TPSA) is 3.24 Å². The van der Waals surface area contributed by atoms with Gasteiger partial charge in [-0.25, -0.2) is 0 Å². The van der Waals surface area contributed by atoms with E-state index in [4.69, 9.17) is 0 Å². The highest BCUT2D eigenvalue weighted by molar-refractivity contribution is 5.85. The summed E-state index contributed by atoms with van der Waals surface area (Å²) >= 11 is 0. The van der Waals surface area contributed by atoms with Gasteiger partial charge >= 0.3 is 0 Å². The summed E-state index contributed by atoms with van der Waals surface area (Å²) in [4.78, 5) is 2.44. The van der Waals surface area contributed by atoms with Crippen molar-refractivity contribution in [2.75, 3.05) is 4.90 Å². The van der Waals surface area contributed by atoms with Crippen molar-refractivity contribution in [1.82, 2.24) is 0 Å². The smallest absolute Gasteiger partial charge is 0.0451 e. The lowest BCUT2D eigenvalue weighted by Gasteiger charge is -2.28. The molecule has 0 atom stereocenters. The summed E-state index contributed by atoms with van der Waals surface area (Å²) in [6, 6.07) is 40.3. The maximum Gasteiger partial charge on any atom is 0.0451 e. The first-order valence-electron chi connectivity index (χ1n) is 9.98. The summed E-state index contributed by atoms with van der Waals surface area (Å²) < 4.78 is 0. The average molecular weight is 376 g/mol. The molecule has 0 saturated heterocycles. The van der Waals surface area contributed by atoms with Gasteiger partial charge in [0.1, 0.15) is 0 Å². The predicted octanol–water partition coefficient (Wildman–Crippen LogP) is 6.95. The van der Waals surface area contributed by atoms with Crippen molar-refractivity contribution < 1.29 is 0 Å². The van der Waals surface area contributed by atoms with Crippen molar-refractivity contribution in [3.05, 3.63) is 144 Å². The van der Waals surface area contributed by atoms with E-state index in [0.717, 1.165) is 24.2 Å². The van der Waals surface area contributed by atoms with E-state index in [9.17, 15) is 0 Å². The zero-order valence-electron chi connectivity index (χ0n) is 16.5. The van der Waals surface area contributed by atoms with Crippen LogP contribution in [0.4, 0.5) is 5.69 Å². The van der Waals surface area contributed by atoms with Crippen molar-refractivity contribution in [1.29, 1.82) is 0 Å². The highest BCUT2D eigenvalue weighted by Crippen LogP contribution is 2.32. The number of para-hydroxylation sites is 1. The molecule has 0 heterocycles. The Hall–Kier alpha value is -3.58. The molecule has 0 saturated carbocycles. The van der Waals surface area contributed by atoms with Gasteiger partial charge in [-0.3, -0.25) is 0 Å². The lowest BCUT2D eigenvalue weighted by Crippen LogP contribution is -2.23. The molecule has 0 radical (unpaired) electrons. The molecule has 0 unspecified atom stereocenters. The Morgan fingerprint density at radius 2 is 1.00 bits per heavy atom. The predicted molar refractivity (Wildman–Crippen MR) is 124 cm³/mol. The summed E-state index contributed by atoms with van der Waals surface area (Å²) in [6.45, 7) is 6.11. The number of hydrogen-bond donors (Lipinski definition) is 0. The molecular formula is C28H25N. The lowest BCUT2D eigenvalue weighted by atomic mass is 9.97. The summed E-state index contributed by atoms with van der Waals surface area (Å²) in [5, 5.41) is 0. The zero-order chi connectivity index (χ0) is 19.9. The molecule has 0 N–H and O–H groups in total. The Balaban J connectivity index is 1.73. The lowest BCUT2D eigenvalue weighted by molar-refractivity contribution is 0.799. The summed E-state index contributed by atoms with van der Waals surface area (Å²) in [5.41, 5.74) is 7.17. The van der Waals surface area contributed by atoms with E-state index in [1.807, 2.05) is 6.07 Å². The van der Waals surface area contributed by atoms with Gasteiger partial charge in [-0.15, -0.1) is 0 Å². The standard InChI is InChI=1S/C28H25N/c1-23(26-17-9-4-10-18-26)27-19-11-12-20-28(27)29(21-24-13-5-2-6-14-24)22-25-15-7-3-8-16-25/h2-20H,1,21-22H2. The Morgan fingerprint density at radius 3 is 1.55 bits per heavy atom. The first kappa shape index (κ1) is 18.8. The second kappa shape index (κ2) is 9.07. The van der Waals surface area contributed by atoms with Crippen LogP contribution in [0.1, 0.15) is 22.3 Å². The Bertz CT molecular complexity index is 1010. The molecule has 4 aromatic carbocycles. The highest BCUT2D eigenvalue weighted by Gasteiger charge is 2.15. The summed E-state index contributed by atoms with van der Waals surface area (Å²) in [5.74, 6) is 0. The van der Waals surface area contributed by atoms with Gasteiger partial charge < -0.3 is 4.90 Å². The van der Waals surface area contributed by atoms with Crippen molar-refractivity contribution >= 4 is 11.3 Å². The SMILES string of the molecule is C=C(c1ccccc1)c1ccccc1N(Cc1ccccc1)Cc1ccccc1. The molecule has 29 heavy (non-hydrogen) atoms. The van der Waals surface area contributed by atoms with Gasteiger partial charge in [-0.05, 0) is 28.3 Å². The monoisotopic (exact) mass is 375 g/mol. The van der Waals surface area contributed by atoms with E-state index in [-0.39, 0.29) is 0 Å². The van der Waals surface area contributed by atoms with Gasteiger partial charge in [0.2, 0.25) is 0 Å². The zero-order valence-corrected chi connectivity index (χ0v) is 16.5. The van der Waals surface area contributed by atoms with Crippen LogP contribution in [-0.4, -0.2) is 0 Å². The van der Waals surface area contributed by atoms with Crippen LogP contribution in [-0.2, 0) is 13.1 Å². The van der Waals surface area contributed by atoms with Crippen molar-refractivity contribution in [2.24, 2.45) is 0 Å². The molecule has 4 aromatic rings. The van der Waals surface area contributed by atoms with E-state index in [2.05, 4.69) is 121 Å². The third-order valence-corrected chi connectivity index (χ3v) is 5.12. The third kappa shape index (κ3) is 4.64. The minimum absolute atomic E-state index is 0.842. The van der Waals surface area contributed by atoms with Gasteiger partial charge in [0.15, 0.2) is 0 Å². The van der Waals surface area contributed by atoms with Gasteiger partial charge in [0, 0.05) is 24.3 Å². The normalized spacial score (nSPS) is 10.5. The van der Waals surface area contributed by atoms with Crippen LogP contribution in [0.15, 0.2) is 122 Å². The minimum Gasteiger partial charge on any atom is -0.362 e. The number of hydrogen-bond acceptors (Lipinski definition) is 1. The number of benzene rings is 4. The molecule has 0 fully saturated rings. The highest BCUT2D eigenvalue weighted by atomic mass is 15.1. The largest absolute Gasteiger partial charge is 0.362 e. The van der Waals surface area contributed by atoms with Crippen LogP contribution < -0.4 is 4.90 Å². The number of nitrogens with zero attached hydrogens (tertiary/aromatic N) is 1. The second-order valence-electron chi connectivity index (χ2n) is 7.19. The first-order valence-corrected chi connectivity index (χ1v) is 9.98. The molecule has 0 aliphatic rings. The van der Waals surface area contributed by atoms with Crippen LogP contribution in [0, 0.1) is 0 Å². The fraction of sp³-hybridized carbons (Fsp3) is 0.0714. The van der Waals surface area contributed by atoms with Crippen molar-refractivity contribution in [3.8, 4) is 0 Å². The molecule has 0 bridgehead atoms. The fourth-order valence-electron chi connectivity index (χ4n) is 3.63. The summed E-state index contributed by atoms with van der Waals surface area (Å²) in [7, 11) is 0. The molecule has 0 amide bonds. The molecule has 1 heteroatoms. The maximum absolute atomic E-state index is 4.43. The molecule has 0 spiro atoms. The van der Waals surface area contributed by atoms with Gasteiger partial charge in [0.05, 0.1) is 0 Å². The van der Waals surface area contributed by atoms with Crippen molar-refractivity contribution in [2.45, 2.75) is 13.1 Å². The van der Waals surface area contributed by atoms with E-state index >= 15 is 0 Å². The van der Waals surface area contributed by atoms with Crippen LogP contribution in [0.25, 0.3) is 5.57 Å². The van der Waals surface area contributed by atoms with Crippen LogP contribution in [0.5, 0.6) is 0 Å². The van der Waals surface area contributed by atoms with Gasteiger partial charge in [0.25, 0.3) is 0 Å². The van der Waals surface area contributed by atoms with E-state index < -0.39 is 0 Å². The van der Waals surface area contributed by atoms with Gasteiger partial charge in [-0.2, -0.15) is 0 Å². The molecule has 0 aromatic heterocycles. The fourth-order valence-corrected chi connectivity index (χ4v) is 3.63. The average Bonchev–Trinajstić information content (AvgIpc) is 2.80. The van der Waals surface area contributed by atoms with Gasteiger partial charge in [-0.1, -0.05) is 116 Å². The first-order chi connectivity index (χ1) is 14.3. The van der Waals surface area contributed by atoms with E-state index in [0.29, 0.717) is 0 Å². The van der Waals surface area contributed by atoms with Crippen molar-refractivity contribution in [3.63, 3.8) is 0 Å².